The van der Waals surface area contributed by atoms with Crippen molar-refractivity contribution in [3.8, 4) is 39.9 Å². The highest BCUT2D eigenvalue weighted by atomic mass is 16.5. The molecule has 0 aliphatic heterocycles. The maximum atomic E-state index is 9.04. The Morgan fingerprint density at radius 3 is 2.70 bits per heavy atom. The van der Waals surface area contributed by atoms with Gasteiger partial charge in [-0.15, -0.1) is 0 Å². The molecular weight excluding hydrogens is 422 g/mol. The zero-order chi connectivity index (χ0) is 23.2. The number of nitrogens with one attached hydrogen (secondary N) is 1. The van der Waals surface area contributed by atoms with Crippen molar-refractivity contribution in [2.75, 3.05) is 32.2 Å². The van der Waals surface area contributed by atoms with E-state index in [4.69, 9.17) is 14.6 Å². The average molecular weight is 447 g/mol. The van der Waals surface area contributed by atoms with E-state index in [1.807, 2.05) is 37.1 Å². The molecule has 170 valence electrons. The number of aromatic amines is 1. The minimum absolute atomic E-state index is 0.112. The first-order valence-corrected chi connectivity index (χ1v) is 10.4. The zero-order valence-corrected chi connectivity index (χ0v) is 18.7. The van der Waals surface area contributed by atoms with Crippen molar-refractivity contribution >= 4 is 5.95 Å². The molecule has 0 saturated carbocycles. The molecule has 4 heterocycles. The topological polar surface area (TPSA) is 122 Å². The van der Waals surface area contributed by atoms with E-state index in [0.29, 0.717) is 53.2 Å². The third-order valence-corrected chi connectivity index (χ3v) is 4.99. The molecule has 4 aromatic heterocycles. The average Bonchev–Trinajstić information content (AvgIpc) is 3.39. The van der Waals surface area contributed by atoms with E-state index in [1.54, 1.807) is 38.0 Å². The minimum atomic E-state index is 0.112. The molecule has 10 nitrogen and oxygen atoms in total. The van der Waals surface area contributed by atoms with Gasteiger partial charge >= 0.3 is 0 Å². The number of rotatable bonds is 9. The largest absolute Gasteiger partial charge is 0.480 e. The van der Waals surface area contributed by atoms with Crippen LogP contribution in [0.5, 0.6) is 17.4 Å². The number of aliphatic hydroxyl groups excluding tert-OH is 1. The number of nitrogens with zero attached hydrogens (tertiary/aromatic N) is 6. The lowest BCUT2D eigenvalue weighted by Crippen LogP contribution is -2.22. The number of aryl methyl sites for hydroxylation is 1. The fourth-order valence-corrected chi connectivity index (χ4v) is 3.24. The second kappa shape index (κ2) is 10.0. The molecule has 10 heteroatoms. The van der Waals surface area contributed by atoms with Gasteiger partial charge in [0.2, 0.25) is 11.8 Å². The van der Waals surface area contributed by atoms with Gasteiger partial charge in [-0.2, -0.15) is 10.1 Å². The fourth-order valence-electron chi connectivity index (χ4n) is 3.24. The van der Waals surface area contributed by atoms with Crippen LogP contribution in [0.4, 0.5) is 5.95 Å². The number of ether oxygens (including phenoxy) is 2. The standard InChI is InChI=1S/C23H25N7O3/c1-15-21(33-17-7-8-24-20(11-17)16-12-26-27-13-16)6-5-19(28-15)18-14-25-23(29-22(18)32-3)30(2)9-4-10-31/h5-8,11-14,31H,4,9-10H2,1-3H3,(H,26,27). The maximum Gasteiger partial charge on any atom is 0.228 e. The SMILES string of the molecule is COc1nc(N(C)CCCO)ncc1-c1ccc(Oc2ccnc(-c3cn[nH]c3)c2)c(C)n1. The number of hydrogen-bond donors (Lipinski definition) is 2. The molecule has 0 radical (unpaired) electrons. The van der Waals surface area contributed by atoms with Crippen molar-refractivity contribution in [1.82, 2.24) is 30.1 Å². The van der Waals surface area contributed by atoms with Crippen molar-refractivity contribution in [3.63, 3.8) is 0 Å². The van der Waals surface area contributed by atoms with Crippen LogP contribution in [0.1, 0.15) is 12.1 Å². The second-order valence-corrected chi connectivity index (χ2v) is 7.34. The first-order chi connectivity index (χ1) is 16.1. The molecule has 0 spiro atoms. The fraction of sp³-hybridized carbons (Fsp3) is 0.261. The van der Waals surface area contributed by atoms with E-state index in [0.717, 1.165) is 11.3 Å². The third kappa shape index (κ3) is 5.07. The van der Waals surface area contributed by atoms with Gasteiger partial charge in [0, 0.05) is 50.4 Å². The Labute approximate surface area is 191 Å². The summed E-state index contributed by atoms with van der Waals surface area (Å²) in [5.41, 5.74) is 3.70. The summed E-state index contributed by atoms with van der Waals surface area (Å²) in [6.45, 7) is 2.63. The van der Waals surface area contributed by atoms with Gasteiger partial charge in [-0.3, -0.25) is 10.1 Å². The van der Waals surface area contributed by atoms with Crippen LogP contribution < -0.4 is 14.4 Å². The molecule has 0 fully saturated rings. The Balaban J connectivity index is 1.56. The Morgan fingerprint density at radius 2 is 1.97 bits per heavy atom. The van der Waals surface area contributed by atoms with Crippen molar-refractivity contribution in [2.45, 2.75) is 13.3 Å². The van der Waals surface area contributed by atoms with Gasteiger partial charge < -0.3 is 19.5 Å². The predicted octanol–water partition coefficient (Wildman–Crippen LogP) is 3.25. The molecule has 0 aromatic carbocycles. The van der Waals surface area contributed by atoms with Crippen LogP contribution in [0.2, 0.25) is 0 Å². The van der Waals surface area contributed by atoms with Crippen LogP contribution in [0.3, 0.4) is 0 Å². The molecule has 0 saturated heterocycles. The summed E-state index contributed by atoms with van der Waals surface area (Å²) in [4.78, 5) is 19.8. The molecule has 0 atom stereocenters. The molecule has 0 bridgehead atoms. The van der Waals surface area contributed by atoms with E-state index < -0.39 is 0 Å². The summed E-state index contributed by atoms with van der Waals surface area (Å²) < 4.78 is 11.6. The van der Waals surface area contributed by atoms with Gasteiger partial charge in [0.15, 0.2) is 0 Å². The molecule has 0 unspecified atom stereocenters. The number of anilines is 1. The summed E-state index contributed by atoms with van der Waals surface area (Å²) in [6.07, 6.45) is 7.50. The lowest BCUT2D eigenvalue weighted by molar-refractivity contribution is 0.290. The van der Waals surface area contributed by atoms with Gasteiger partial charge in [0.05, 0.1) is 36.0 Å². The summed E-state index contributed by atoms with van der Waals surface area (Å²) in [5.74, 6) is 2.22. The Hall–Kier alpha value is -4.05. The van der Waals surface area contributed by atoms with Gasteiger partial charge in [-0.25, -0.2) is 9.97 Å². The number of aliphatic hydroxyl groups is 1. The quantitative estimate of drug-likeness (QED) is 0.398. The summed E-state index contributed by atoms with van der Waals surface area (Å²) in [7, 11) is 3.43. The Bertz CT molecular complexity index is 1210. The maximum absolute atomic E-state index is 9.04. The van der Waals surface area contributed by atoms with E-state index in [1.165, 1.54) is 0 Å². The van der Waals surface area contributed by atoms with E-state index in [9.17, 15) is 0 Å². The van der Waals surface area contributed by atoms with Crippen molar-refractivity contribution in [1.29, 1.82) is 0 Å². The van der Waals surface area contributed by atoms with Crippen molar-refractivity contribution in [3.05, 3.63) is 54.7 Å². The monoisotopic (exact) mass is 447 g/mol. The van der Waals surface area contributed by atoms with E-state index >= 15 is 0 Å². The first-order valence-electron chi connectivity index (χ1n) is 10.4. The van der Waals surface area contributed by atoms with E-state index in [2.05, 4.69) is 30.1 Å². The highest BCUT2D eigenvalue weighted by molar-refractivity contribution is 5.66. The molecule has 2 N–H and O–H groups in total. The lowest BCUT2D eigenvalue weighted by atomic mass is 10.2. The Morgan fingerprint density at radius 1 is 1.09 bits per heavy atom. The molecule has 33 heavy (non-hydrogen) atoms. The predicted molar refractivity (Wildman–Crippen MR) is 123 cm³/mol. The lowest BCUT2D eigenvalue weighted by Gasteiger charge is -2.18. The van der Waals surface area contributed by atoms with E-state index in [-0.39, 0.29) is 6.61 Å². The highest BCUT2D eigenvalue weighted by Gasteiger charge is 2.15. The zero-order valence-electron chi connectivity index (χ0n) is 18.7. The smallest absolute Gasteiger partial charge is 0.228 e. The highest BCUT2D eigenvalue weighted by Crippen LogP contribution is 2.32. The van der Waals surface area contributed by atoms with Gasteiger partial charge in [-0.1, -0.05) is 0 Å². The van der Waals surface area contributed by atoms with Crippen molar-refractivity contribution < 1.29 is 14.6 Å². The molecule has 4 aromatic rings. The summed E-state index contributed by atoms with van der Waals surface area (Å²) >= 11 is 0. The second-order valence-electron chi connectivity index (χ2n) is 7.34. The van der Waals surface area contributed by atoms with Gasteiger partial charge in [0.25, 0.3) is 0 Å². The molecule has 4 rings (SSSR count). The molecule has 0 amide bonds. The van der Waals surface area contributed by atoms with Crippen LogP contribution in [-0.4, -0.2) is 62.5 Å². The number of aromatic nitrogens is 6. The number of methoxy groups -OCH3 is 1. The van der Waals surface area contributed by atoms with Gasteiger partial charge in [-0.05, 0) is 31.5 Å². The first kappa shape index (κ1) is 22.2. The van der Waals surface area contributed by atoms with Crippen LogP contribution in [0, 0.1) is 6.92 Å². The van der Waals surface area contributed by atoms with Crippen LogP contribution in [0.25, 0.3) is 22.5 Å². The molecule has 0 aliphatic carbocycles. The third-order valence-electron chi connectivity index (χ3n) is 4.99. The van der Waals surface area contributed by atoms with Crippen LogP contribution >= 0.6 is 0 Å². The molecular formula is C23H25N7O3. The summed E-state index contributed by atoms with van der Waals surface area (Å²) in [6, 6.07) is 7.34. The molecule has 0 aliphatic rings. The number of pyridine rings is 2. The van der Waals surface area contributed by atoms with Gasteiger partial charge in [0.1, 0.15) is 11.5 Å². The van der Waals surface area contributed by atoms with Crippen molar-refractivity contribution in [2.24, 2.45) is 0 Å². The minimum Gasteiger partial charge on any atom is -0.480 e. The Kier molecular flexibility index (Phi) is 6.75. The normalized spacial score (nSPS) is 10.8. The number of hydrogen-bond acceptors (Lipinski definition) is 9. The summed E-state index contributed by atoms with van der Waals surface area (Å²) in [5, 5.41) is 15.8. The van der Waals surface area contributed by atoms with Crippen LogP contribution in [0.15, 0.2) is 49.1 Å². The van der Waals surface area contributed by atoms with Crippen LogP contribution in [-0.2, 0) is 0 Å². The number of H-pyrrole nitrogens is 1.